The van der Waals surface area contributed by atoms with Crippen molar-refractivity contribution in [2.24, 2.45) is 0 Å². The van der Waals surface area contributed by atoms with Crippen LogP contribution in [0.2, 0.25) is 0 Å². The van der Waals surface area contributed by atoms with Gasteiger partial charge in [0.05, 0.1) is 18.3 Å². The minimum atomic E-state index is -0.460. The molecule has 9 nitrogen and oxygen atoms in total. The number of amides is 2. The molecule has 2 aromatic heterocycles. The molecule has 0 saturated heterocycles. The molecule has 1 aliphatic heterocycles. The summed E-state index contributed by atoms with van der Waals surface area (Å²) in [5, 5.41) is 5.71. The van der Waals surface area contributed by atoms with Gasteiger partial charge in [0, 0.05) is 16.6 Å². The highest BCUT2D eigenvalue weighted by atomic mass is 32.1. The fraction of sp³-hybridized carbons (Fsp3) is 0.263. The van der Waals surface area contributed by atoms with Crippen LogP contribution in [0.15, 0.2) is 29.3 Å². The van der Waals surface area contributed by atoms with E-state index in [9.17, 15) is 14.4 Å². The fourth-order valence-electron chi connectivity index (χ4n) is 2.95. The van der Waals surface area contributed by atoms with Crippen molar-refractivity contribution in [3.05, 3.63) is 45.3 Å². The number of thiophene rings is 1. The number of ether oxygens (including phenoxy) is 2. The van der Waals surface area contributed by atoms with Crippen molar-refractivity contribution in [1.29, 1.82) is 0 Å². The van der Waals surface area contributed by atoms with E-state index in [1.54, 1.807) is 18.2 Å². The number of rotatable bonds is 5. The smallest absolute Gasteiger partial charge is 0.262 e. The second-order valence-electron chi connectivity index (χ2n) is 6.53. The van der Waals surface area contributed by atoms with E-state index in [1.165, 1.54) is 22.2 Å². The first-order valence-corrected chi connectivity index (χ1v) is 9.65. The molecule has 2 amide bonds. The monoisotopic (exact) mass is 414 g/mol. The van der Waals surface area contributed by atoms with E-state index in [1.807, 2.05) is 13.8 Å². The molecule has 1 aliphatic rings. The van der Waals surface area contributed by atoms with Crippen LogP contribution in [0.1, 0.15) is 10.4 Å². The van der Waals surface area contributed by atoms with Gasteiger partial charge in [-0.05, 0) is 31.5 Å². The van der Waals surface area contributed by atoms with E-state index in [0.717, 1.165) is 10.4 Å². The largest absolute Gasteiger partial charge is 0.454 e. The Labute approximate surface area is 169 Å². The van der Waals surface area contributed by atoms with Gasteiger partial charge < -0.3 is 20.1 Å². The third kappa shape index (κ3) is 3.79. The van der Waals surface area contributed by atoms with Crippen molar-refractivity contribution in [3.8, 4) is 11.5 Å². The highest BCUT2D eigenvalue weighted by Gasteiger charge is 2.16. The fourth-order valence-corrected chi connectivity index (χ4v) is 3.94. The number of aryl methyl sites for hydroxylation is 2. The summed E-state index contributed by atoms with van der Waals surface area (Å²) in [4.78, 5) is 42.8. The van der Waals surface area contributed by atoms with Crippen LogP contribution in [0.4, 0.5) is 5.69 Å². The molecule has 29 heavy (non-hydrogen) atoms. The topological polar surface area (TPSA) is 112 Å². The summed E-state index contributed by atoms with van der Waals surface area (Å²) in [6, 6.07) is 5.02. The van der Waals surface area contributed by atoms with E-state index < -0.39 is 11.8 Å². The Morgan fingerprint density at radius 3 is 2.83 bits per heavy atom. The van der Waals surface area contributed by atoms with Crippen molar-refractivity contribution >= 4 is 39.1 Å². The number of anilines is 1. The summed E-state index contributed by atoms with van der Waals surface area (Å²) in [6.07, 6.45) is 1.35. The Kier molecular flexibility index (Phi) is 4.93. The molecule has 3 aromatic rings. The maximum absolute atomic E-state index is 12.6. The van der Waals surface area contributed by atoms with Gasteiger partial charge in [-0.15, -0.1) is 11.3 Å². The number of fused-ring (bicyclic) bond motifs is 2. The lowest BCUT2D eigenvalue weighted by molar-refractivity contribution is -0.124. The first-order chi connectivity index (χ1) is 13.9. The van der Waals surface area contributed by atoms with Gasteiger partial charge in [0.2, 0.25) is 18.6 Å². The number of nitrogens with zero attached hydrogens (tertiary/aromatic N) is 2. The first kappa shape index (κ1) is 18.9. The van der Waals surface area contributed by atoms with Crippen molar-refractivity contribution in [1.82, 2.24) is 14.9 Å². The lowest BCUT2D eigenvalue weighted by Gasteiger charge is -2.09. The van der Waals surface area contributed by atoms with E-state index >= 15 is 0 Å². The minimum Gasteiger partial charge on any atom is -0.454 e. The molecule has 10 heteroatoms. The molecule has 150 valence electrons. The van der Waals surface area contributed by atoms with Gasteiger partial charge in [-0.1, -0.05) is 0 Å². The number of hydrogen-bond acceptors (Lipinski definition) is 7. The van der Waals surface area contributed by atoms with E-state index in [0.29, 0.717) is 27.4 Å². The molecule has 1 aromatic carbocycles. The zero-order valence-electron chi connectivity index (χ0n) is 15.8. The highest BCUT2D eigenvalue weighted by molar-refractivity contribution is 7.18. The SMILES string of the molecule is Cc1sc2ncn(CC(=O)NCC(=O)Nc3ccc4c(c3)OCO4)c(=O)c2c1C. The van der Waals surface area contributed by atoms with Crippen molar-refractivity contribution in [2.45, 2.75) is 20.4 Å². The average molecular weight is 414 g/mol. The molecular weight excluding hydrogens is 396 g/mol. The lowest BCUT2D eigenvalue weighted by atomic mass is 10.2. The zero-order chi connectivity index (χ0) is 20.5. The van der Waals surface area contributed by atoms with Crippen LogP contribution < -0.4 is 25.7 Å². The lowest BCUT2D eigenvalue weighted by Crippen LogP contribution is -2.37. The molecule has 0 fully saturated rings. The van der Waals surface area contributed by atoms with Crippen molar-refractivity contribution in [2.75, 3.05) is 18.7 Å². The predicted molar refractivity (Wildman–Crippen MR) is 108 cm³/mol. The number of carbonyl (C=O) groups is 2. The highest BCUT2D eigenvalue weighted by Crippen LogP contribution is 2.34. The normalized spacial score (nSPS) is 12.2. The van der Waals surface area contributed by atoms with Crippen LogP contribution in [0.5, 0.6) is 11.5 Å². The first-order valence-electron chi connectivity index (χ1n) is 8.83. The zero-order valence-corrected chi connectivity index (χ0v) is 16.6. The molecule has 0 spiro atoms. The van der Waals surface area contributed by atoms with Gasteiger partial charge in [-0.2, -0.15) is 0 Å². The van der Waals surface area contributed by atoms with Crippen molar-refractivity contribution < 1.29 is 19.1 Å². The summed E-state index contributed by atoms with van der Waals surface area (Å²) >= 11 is 1.45. The molecule has 3 heterocycles. The van der Waals surface area contributed by atoms with Crippen LogP contribution in [0, 0.1) is 13.8 Å². The summed E-state index contributed by atoms with van der Waals surface area (Å²) < 4.78 is 11.7. The van der Waals surface area contributed by atoms with Crippen LogP contribution in [0.3, 0.4) is 0 Å². The molecule has 0 bridgehead atoms. The molecule has 0 saturated carbocycles. The molecule has 2 N–H and O–H groups in total. The van der Waals surface area contributed by atoms with Gasteiger partial charge in [-0.3, -0.25) is 19.0 Å². The van der Waals surface area contributed by atoms with Crippen LogP contribution in [-0.4, -0.2) is 34.7 Å². The van der Waals surface area contributed by atoms with Gasteiger partial charge in [-0.25, -0.2) is 4.98 Å². The average Bonchev–Trinajstić information content (AvgIpc) is 3.27. The minimum absolute atomic E-state index is 0.146. The van der Waals surface area contributed by atoms with E-state index in [-0.39, 0.29) is 25.4 Å². The number of hydrogen-bond donors (Lipinski definition) is 2. The van der Waals surface area contributed by atoms with E-state index in [4.69, 9.17) is 9.47 Å². The molecular formula is C19H18N4O5S. The molecule has 0 atom stereocenters. The quantitative estimate of drug-likeness (QED) is 0.655. The molecule has 0 unspecified atom stereocenters. The van der Waals surface area contributed by atoms with Gasteiger partial charge in [0.15, 0.2) is 11.5 Å². The second kappa shape index (κ2) is 7.55. The van der Waals surface area contributed by atoms with Gasteiger partial charge in [0.25, 0.3) is 5.56 Å². The summed E-state index contributed by atoms with van der Waals surface area (Å²) in [5.41, 5.74) is 1.14. The maximum Gasteiger partial charge on any atom is 0.262 e. The Bertz CT molecular complexity index is 1180. The number of aromatic nitrogens is 2. The third-order valence-corrected chi connectivity index (χ3v) is 5.69. The Morgan fingerprint density at radius 2 is 2.00 bits per heavy atom. The summed E-state index contributed by atoms with van der Waals surface area (Å²) in [7, 11) is 0. The van der Waals surface area contributed by atoms with E-state index in [2.05, 4.69) is 15.6 Å². The van der Waals surface area contributed by atoms with Crippen LogP contribution in [0.25, 0.3) is 10.2 Å². The number of carbonyl (C=O) groups excluding carboxylic acids is 2. The summed E-state index contributed by atoms with van der Waals surface area (Å²) in [6.45, 7) is 3.49. The third-order valence-electron chi connectivity index (χ3n) is 4.57. The standard InChI is InChI=1S/C19H18N4O5S/c1-10-11(2)29-18-17(10)19(26)23(8-21-18)7-16(25)20-6-15(24)22-12-3-4-13-14(5-12)28-9-27-13/h3-5,8H,6-7,9H2,1-2H3,(H,20,25)(H,22,24). The van der Waals surface area contributed by atoms with Gasteiger partial charge in [0.1, 0.15) is 11.4 Å². The Morgan fingerprint density at radius 1 is 1.21 bits per heavy atom. The predicted octanol–water partition coefficient (Wildman–Crippen LogP) is 1.56. The maximum atomic E-state index is 12.6. The Hall–Kier alpha value is -3.40. The van der Waals surface area contributed by atoms with Crippen molar-refractivity contribution in [3.63, 3.8) is 0 Å². The number of nitrogens with one attached hydrogen (secondary N) is 2. The molecule has 0 aliphatic carbocycles. The molecule has 4 rings (SSSR count). The Balaban J connectivity index is 1.36. The number of benzene rings is 1. The van der Waals surface area contributed by atoms with Crippen LogP contribution in [-0.2, 0) is 16.1 Å². The summed E-state index contributed by atoms with van der Waals surface area (Å²) in [5.74, 6) is 0.303. The van der Waals surface area contributed by atoms with Gasteiger partial charge >= 0.3 is 0 Å². The van der Waals surface area contributed by atoms with Crippen LogP contribution >= 0.6 is 11.3 Å². The molecule has 0 radical (unpaired) electrons. The second-order valence-corrected chi connectivity index (χ2v) is 7.74.